The third kappa shape index (κ3) is 5.76. The molecule has 1 saturated heterocycles. The van der Waals surface area contributed by atoms with Gasteiger partial charge in [-0.2, -0.15) is 4.98 Å². The van der Waals surface area contributed by atoms with E-state index in [4.69, 9.17) is 9.72 Å². The van der Waals surface area contributed by atoms with Gasteiger partial charge in [0.25, 0.3) is 5.56 Å². The minimum absolute atomic E-state index is 0.0126. The molecule has 1 aliphatic carbocycles. The van der Waals surface area contributed by atoms with E-state index < -0.39 is 5.60 Å². The van der Waals surface area contributed by atoms with Gasteiger partial charge < -0.3 is 19.9 Å². The number of carbonyl (C=O) groups excluding carboxylic acids is 1. The molecule has 202 valence electrons. The molecule has 0 spiro atoms. The van der Waals surface area contributed by atoms with Crippen molar-refractivity contribution in [1.29, 1.82) is 0 Å². The molecule has 9 heteroatoms. The SMILES string of the molecule is Cc1cc(=O)n(C2CCCC2)c2nc(Nc3ccc(N4CCCN(C(=O)OC(C)(C)C)CC4)cc3)ncc12. The monoisotopic (exact) mass is 518 g/mol. The Kier molecular flexibility index (Phi) is 7.27. The highest BCUT2D eigenvalue weighted by Crippen LogP contribution is 2.31. The molecule has 3 heterocycles. The number of hydrogen-bond donors (Lipinski definition) is 1. The number of hydrogen-bond acceptors (Lipinski definition) is 7. The summed E-state index contributed by atoms with van der Waals surface area (Å²) >= 11 is 0. The fourth-order valence-electron chi connectivity index (χ4n) is 5.42. The average Bonchev–Trinajstić information content (AvgIpc) is 3.26. The van der Waals surface area contributed by atoms with Crippen molar-refractivity contribution in [3.8, 4) is 0 Å². The predicted octanol–water partition coefficient (Wildman–Crippen LogP) is 5.41. The molecular formula is C29H38N6O3. The minimum Gasteiger partial charge on any atom is -0.444 e. The zero-order chi connectivity index (χ0) is 26.9. The van der Waals surface area contributed by atoms with Gasteiger partial charge >= 0.3 is 6.09 Å². The summed E-state index contributed by atoms with van der Waals surface area (Å²) in [6.07, 6.45) is 6.76. The van der Waals surface area contributed by atoms with Crippen LogP contribution in [0, 0.1) is 6.92 Å². The first-order chi connectivity index (χ1) is 18.2. The van der Waals surface area contributed by atoms with Crippen molar-refractivity contribution in [2.75, 3.05) is 36.4 Å². The first kappa shape index (κ1) is 26.0. The molecule has 1 N–H and O–H groups in total. The van der Waals surface area contributed by atoms with E-state index in [1.54, 1.807) is 11.0 Å². The fourth-order valence-corrected chi connectivity index (χ4v) is 5.42. The number of nitrogens with one attached hydrogen (secondary N) is 1. The van der Waals surface area contributed by atoms with Gasteiger partial charge in [-0.1, -0.05) is 12.8 Å². The van der Waals surface area contributed by atoms with E-state index in [1.165, 1.54) is 0 Å². The van der Waals surface area contributed by atoms with E-state index in [9.17, 15) is 9.59 Å². The molecule has 0 atom stereocenters. The van der Waals surface area contributed by atoms with E-state index in [2.05, 4.69) is 27.3 Å². The number of ether oxygens (including phenoxy) is 1. The van der Waals surface area contributed by atoms with Crippen LogP contribution in [0.5, 0.6) is 0 Å². The van der Waals surface area contributed by atoms with Crippen LogP contribution in [0.15, 0.2) is 41.3 Å². The Morgan fingerprint density at radius 2 is 1.76 bits per heavy atom. The number of benzene rings is 1. The maximum absolute atomic E-state index is 12.9. The molecule has 5 rings (SSSR count). The molecule has 0 unspecified atom stereocenters. The van der Waals surface area contributed by atoms with Crippen molar-refractivity contribution < 1.29 is 9.53 Å². The summed E-state index contributed by atoms with van der Waals surface area (Å²) in [6.45, 7) is 10.6. The number of amides is 1. The topological polar surface area (TPSA) is 92.6 Å². The van der Waals surface area contributed by atoms with Crippen molar-refractivity contribution in [3.05, 3.63) is 52.4 Å². The quantitative estimate of drug-likeness (QED) is 0.494. The second kappa shape index (κ2) is 10.6. The van der Waals surface area contributed by atoms with Gasteiger partial charge in [-0.3, -0.25) is 9.36 Å². The van der Waals surface area contributed by atoms with E-state index in [0.717, 1.165) is 67.5 Å². The van der Waals surface area contributed by atoms with E-state index >= 15 is 0 Å². The predicted molar refractivity (Wildman–Crippen MR) is 150 cm³/mol. The second-order valence-electron chi connectivity index (χ2n) is 11.4. The smallest absolute Gasteiger partial charge is 0.410 e. The van der Waals surface area contributed by atoms with Crippen LogP contribution < -0.4 is 15.8 Å². The van der Waals surface area contributed by atoms with E-state index in [1.807, 2.05) is 50.6 Å². The summed E-state index contributed by atoms with van der Waals surface area (Å²) < 4.78 is 7.42. The van der Waals surface area contributed by atoms with Crippen LogP contribution in [0.4, 0.5) is 22.1 Å². The standard InChI is InChI=1S/C29H38N6O3/c1-20-18-25(36)35(23-8-5-6-9-23)26-24(20)19-30-27(32-26)31-21-10-12-22(13-11-21)33-14-7-15-34(17-16-33)28(37)38-29(2,3)4/h10-13,18-19,23H,5-9,14-17H2,1-4H3,(H,30,31,32). The summed E-state index contributed by atoms with van der Waals surface area (Å²) in [6, 6.07) is 10.1. The van der Waals surface area contributed by atoms with Gasteiger partial charge in [0.15, 0.2) is 0 Å². The molecule has 0 bridgehead atoms. The molecule has 1 aromatic carbocycles. The summed E-state index contributed by atoms with van der Waals surface area (Å²) in [5.41, 5.74) is 3.10. The van der Waals surface area contributed by atoms with Gasteiger partial charge in [0, 0.05) is 61.2 Å². The van der Waals surface area contributed by atoms with Crippen LogP contribution in [-0.2, 0) is 4.74 Å². The Morgan fingerprint density at radius 1 is 1.03 bits per heavy atom. The zero-order valence-electron chi connectivity index (χ0n) is 22.9. The molecule has 2 fully saturated rings. The number of fused-ring (bicyclic) bond motifs is 1. The number of carbonyl (C=O) groups is 1. The number of rotatable bonds is 4. The van der Waals surface area contributed by atoms with Gasteiger partial charge in [0.1, 0.15) is 11.2 Å². The Morgan fingerprint density at radius 3 is 2.47 bits per heavy atom. The third-order valence-electron chi connectivity index (χ3n) is 7.33. The highest BCUT2D eigenvalue weighted by atomic mass is 16.6. The molecule has 2 aliphatic rings. The zero-order valence-corrected chi connectivity index (χ0v) is 22.9. The largest absolute Gasteiger partial charge is 0.444 e. The summed E-state index contributed by atoms with van der Waals surface area (Å²) in [4.78, 5) is 38.8. The lowest BCUT2D eigenvalue weighted by molar-refractivity contribution is 0.0263. The lowest BCUT2D eigenvalue weighted by atomic mass is 10.1. The van der Waals surface area contributed by atoms with Crippen LogP contribution in [0.3, 0.4) is 0 Å². The molecular weight excluding hydrogens is 480 g/mol. The number of aromatic nitrogens is 3. The summed E-state index contributed by atoms with van der Waals surface area (Å²) in [5.74, 6) is 0.477. The molecule has 1 amide bonds. The maximum atomic E-state index is 12.9. The van der Waals surface area contributed by atoms with Crippen LogP contribution in [0.1, 0.15) is 64.5 Å². The molecule has 2 aromatic heterocycles. The van der Waals surface area contributed by atoms with Crippen LogP contribution in [0.2, 0.25) is 0 Å². The number of pyridine rings is 1. The maximum Gasteiger partial charge on any atom is 0.410 e. The van der Waals surface area contributed by atoms with Crippen LogP contribution in [-0.4, -0.2) is 57.3 Å². The van der Waals surface area contributed by atoms with Crippen molar-refractivity contribution in [3.63, 3.8) is 0 Å². The highest BCUT2D eigenvalue weighted by molar-refractivity contribution is 5.79. The van der Waals surface area contributed by atoms with Crippen molar-refractivity contribution in [1.82, 2.24) is 19.4 Å². The van der Waals surface area contributed by atoms with E-state index in [0.29, 0.717) is 24.7 Å². The normalized spacial score (nSPS) is 17.1. The summed E-state index contributed by atoms with van der Waals surface area (Å²) in [7, 11) is 0. The number of nitrogens with zero attached hydrogens (tertiary/aromatic N) is 5. The van der Waals surface area contributed by atoms with Gasteiger partial charge in [-0.15, -0.1) is 0 Å². The number of anilines is 3. The third-order valence-corrected chi connectivity index (χ3v) is 7.33. The Balaban J connectivity index is 1.29. The Labute approximate surface area is 223 Å². The van der Waals surface area contributed by atoms with Crippen molar-refractivity contribution in [2.45, 2.75) is 71.4 Å². The fraction of sp³-hybridized carbons (Fsp3) is 0.517. The van der Waals surface area contributed by atoms with Gasteiger partial charge in [-0.05, 0) is 76.8 Å². The average molecular weight is 519 g/mol. The molecule has 0 radical (unpaired) electrons. The lowest BCUT2D eigenvalue weighted by Gasteiger charge is -2.27. The van der Waals surface area contributed by atoms with Crippen molar-refractivity contribution >= 4 is 34.4 Å². The molecule has 1 aliphatic heterocycles. The number of aryl methyl sites for hydroxylation is 1. The molecule has 38 heavy (non-hydrogen) atoms. The van der Waals surface area contributed by atoms with Gasteiger partial charge in [0.2, 0.25) is 5.95 Å². The Bertz CT molecular complexity index is 1360. The van der Waals surface area contributed by atoms with E-state index in [-0.39, 0.29) is 17.7 Å². The Hall–Kier alpha value is -3.62. The van der Waals surface area contributed by atoms with Gasteiger partial charge in [-0.25, -0.2) is 9.78 Å². The van der Waals surface area contributed by atoms with Crippen molar-refractivity contribution in [2.24, 2.45) is 0 Å². The van der Waals surface area contributed by atoms with Crippen LogP contribution >= 0.6 is 0 Å². The second-order valence-corrected chi connectivity index (χ2v) is 11.4. The van der Waals surface area contributed by atoms with Crippen LogP contribution in [0.25, 0.3) is 11.0 Å². The molecule has 3 aromatic rings. The summed E-state index contributed by atoms with van der Waals surface area (Å²) in [5, 5.41) is 4.23. The lowest BCUT2D eigenvalue weighted by Crippen LogP contribution is -2.39. The molecule has 9 nitrogen and oxygen atoms in total. The molecule has 1 saturated carbocycles. The first-order valence-corrected chi connectivity index (χ1v) is 13.7. The highest BCUT2D eigenvalue weighted by Gasteiger charge is 2.25. The first-order valence-electron chi connectivity index (χ1n) is 13.7. The minimum atomic E-state index is -0.493. The van der Waals surface area contributed by atoms with Gasteiger partial charge in [0.05, 0.1) is 0 Å².